The van der Waals surface area contributed by atoms with Crippen LogP contribution in [0.3, 0.4) is 0 Å². The van der Waals surface area contributed by atoms with Crippen molar-refractivity contribution >= 4 is 17.0 Å². The van der Waals surface area contributed by atoms with Crippen LogP contribution < -0.4 is 5.43 Å². The standard InChI is InChI=1S/C13H17N3O2/c1-9-14-11-8-10(4-6-12(11)18-9)5-7-13(17)15-16(2)3/h4,6,8H,5,7H2,1-3H3,(H,15,17). The lowest BCUT2D eigenvalue weighted by molar-refractivity contribution is -0.124. The van der Waals surface area contributed by atoms with E-state index < -0.39 is 0 Å². The van der Waals surface area contributed by atoms with Crippen LogP contribution in [0.1, 0.15) is 17.9 Å². The summed E-state index contributed by atoms with van der Waals surface area (Å²) in [7, 11) is 3.59. The molecule has 96 valence electrons. The summed E-state index contributed by atoms with van der Waals surface area (Å²) in [5.74, 6) is 0.670. The summed E-state index contributed by atoms with van der Waals surface area (Å²) >= 11 is 0. The first-order valence-corrected chi connectivity index (χ1v) is 5.87. The molecule has 5 heteroatoms. The van der Waals surface area contributed by atoms with Gasteiger partial charge in [-0.3, -0.25) is 10.2 Å². The number of amides is 1. The zero-order valence-corrected chi connectivity index (χ0v) is 10.9. The highest BCUT2D eigenvalue weighted by atomic mass is 16.3. The maximum atomic E-state index is 11.5. The van der Waals surface area contributed by atoms with Crippen molar-refractivity contribution in [3.8, 4) is 0 Å². The van der Waals surface area contributed by atoms with Gasteiger partial charge < -0.3 is 4.42 Å². The summed E-state index contributed by atoms with van der Waals surface area (Å²) in [5, 5.41) is 1.65. The average Bonchev–Trinajstić information content (AvgIpc) is 2.64. The van der Waals surface area contributed by atoms with Gasteiger partial charge in [-0.1, -0.05) is 6.07 Å². The van der Waals surface area contributed by atoms with E-state index in [1.165, 1.54) is 0 Å². The van der Waals surface area contributed by atoms with Gasteiger partial charge in [0, 0.05) is 27.4 Å². The monoisotopic (exact) mass is 247 g/mol. The summed E-state index contributed by atoms with van der Waals surface area (Å²) in [6, 6.07) is 5.83. The Morgan fingerprint density at radius 3 is 2.94 bits per heavy atom. The SMILES string of the molecule is Cc1nc2cc(CCC(=O)NN(C)C)ccc2o1. The lowest BCUT2D eigenvalue weighted by Gasteiger charge is -2.11. The van der Waals surface area contributed by atoms with Crippen molar-refractivity contribution in [1.29, 1.82) is 0 Å². The van der Waals surface area contributed by atoms with Gasteiger partial charge in [0.05, 0.1) is 0 Å². The van der Waals surface area contributed by atoms with Crippen molar-refractivity contribution in [2.45, 2.75) is 19.8 Å². The highest BCUT2D eigenvalue weighted by Crippen LogP contribution is 2.17. The largest absolute Gasteiger partial charge is 0.441 e. The Morgan fingerprint density at radius 1 is 1.44 bits per heavy atom. The predicted molar refractivity (Wildman–Crippen MR) is 68.9 cm³/mol. The van der Waals surface area contributed by atoms with E-state index >= 15 is 0 Å². The Hall–Kier alpha value is -1.88. The molecule has 5 nitrogen and oxygen atoms in total. The van der Waals surface area contributed by atoms with E-state index in [2.05, 4.69) is 10.4 Å². The number of carbonyl (C=O) groups is 1. The molecule has 0 saturated carbocycles. The molecule has 0 atom stereocenters. The average molecular weight is 247 g/mol. The molecule has 1 aromatic carbocycles. The topological polar surface area (TPSA) is 58.4 Å². The highest BCUT2D eigenvalue weighted by molar-refractivity contribution is 5.76. The molecule has 0 radical (unpaired) electrons. The minimum absolute atomic E-state index is 0.0106. The number of fused-ring (bicyclic) bond motifs is 1. The second kappa shape index (κ2) is 5.18. The number of aromatic nitrogens is 1. The predicted octanol–water partition coefficient (Wildman–Crippen LogP) is 1.66. The number of hydrazine groups is 1. The third-order valence-corrected chi connectivity index (χ3v) is 2.55. The van der Waals surface area contributed by atoms with Crippen molar-refractivity contribution in [3.63, 3.8) is 0 Å². The molecule has 1 amide bonds. The number of hydrogen-bond acceptors (Lipinski definition) is 4. The maximum absolute atomic E-state index is 11.5. The molecule has 1 N–H and O–H groups in total. The Morgan fingerprint density at radius 2 is 2.22 bits per heavy atom. The number of oxazole rings is 1. The Kier molecular flexibility index (Phi) is 3.62. The number of carbonyl (C=O) groups excluding carboxylic acids is 1. The molecule has 0 aliphatic heterocycles. The van der Waals surface area contributed by atoms with Crippen LogP contribution in [0.2, 0.25) is 0 Å². The van der Waals surface area contributed by atoms with Crippen molar-refractivity contribution in [2.24, 2.45) is 0 Å². The van der Waals surface area contributed by atoms with Gasteiger partial charge in [0.15, 0.2) is 11.5 Å². The first-order chi connectivity index (χ1) is 8.54. The number of hydrogen-bond donors (Lipinski definition) is 1. The molecule has 18 heavy (non-hydrogen) atoms. The minimum atomic E-state index is 0.0106. The Bertz CT molecular complexity index is 560. The first-order valence-electron chi connectivity index (χ1n) is 5.87. The zero-order valence-electron chi connectivity index (χ0n) is 10.9. The van der Waals surface area contributed by atoms with E-state index in [0.717, 1.165) is 16.7 Å². The normalized spacial score (nSPS) is 11.1. The fourth-order valence-corrected chi connectivity index (χ4v) is 1.81. The molecule has 0 bridgehead atoms. The van der Waals surface area contributed by atoms with E-state index in [1.54, 1.807) is 19.1 Å². The van der Waals surface area contributed by atoms with Gasteiger partial charge in [0.25, 0.3) is 0 Å². The van der Waals surface area contributed by atoms with Crippen LogP contribution in [0.4, 0.5) is 0 Å². The number of aryl methyl sites for hydroxylation is 2. The zero-order chi connectivity index (χ0) is 13.1. The second-order valence-electron chi connectivity index (χ2n) is 4.46. The lowest BCUT2D eigenvalue weighted by Crippen LogP contribution is -2.36. The summed E-state index contributed by atoms with van der Waals surface area (Å²) in [5.41, 5.74) is 5.43. The summed E-state index contributed by atoms with van der Waals surface area (Å²) in [6.07, 6.45) is 1.15. The van der Waals surface area contributed by atoms with E-state index in [4.69, 9.17) is 4.42 Å². The van der Waals surface area contributed by atoms with E-state index in [1.807, 2.05) is 25.1 Å². The van der Waals surface area contributed by atoms with E-state index in [9.17, 15) is 4.79 Å². The second-order valence-corrected chi connectivity index (χ2v) is 4.46. The van der Waals surface area contributed by atoms with Crippen LogP contribution in [0.25, 0.3) is 11.1 Å². The minimum Gasteiger partial charge on any atom is -0.441 e. The molecule has 0 saturated heterocycles. The molecule has 0 unspecified atom stereocenters. The van der Waals surface area contributed by atoms with Crippen LogP contribution in [0.5, 0.6) is 0 Å². The molecule has 0 fully saturated rings. The first kappa shape index (κ1) is 12.6. The fourth-order valence-electron chi connectivity index (χ4n) is 1.81. The van der Waals surface area contributed by atoms with Crippen molar-refractivity contribution in [3.05, 3.63) is 29.7 Å². The van der Waals surface area contributed by atoms with E-state index in [0.29, 0.717) is 18.7 Å². The molecule has 1 heterocycles. The number of nitrogens with zero attached hydrogens (tertiary/aromatic N) is 2. The van der Waals surface area contributed by atoms with Gasteiger partial charge in [0.1, 0.15) is 5.52 Å². The fraction of sp³-hybridized carbons (Fsp3) is 0.385. The summed E-state index contributed by atoms with van der Waals surface area (Å²) in [4.78, 5) is 15.8. The maximum Gasteiger partial charge on any atom is 0.234 e. The Balaban J connectivity index is 2.01. The van der Waals surface area contributed by atoms with Crippen LogP contribution >= 0.6 is 0 Å². The molecule has 0 aliphatic rings. The van der Waals surface area contributed by atoms with Gasteiger partial charge in [0.2, 0.25) is 5.91 Å². The highest BCUT2D eigenvalue weighted by Gasteiger charge is 2.06. The number of rotatable bonds is 4. The lowest BCUT2D eigenvalue weighted by atomic mass is 10.1. The molecule has 0 aliphatic carbocycles. The van der Waals surface area contributed by atoms with Crippen molar-refractivity contribution in [2.75, 3.05) is 14.1 Å². The third kappa shape index (κ3) is 3.07. The van der Waals surface area contributed by atoms with Crippen molar-refractivity contribution in [1.82, 2.24) is 15.4 Å². The van der Waals surface area contributed by atoms with Crippen LogP contribution in [0, 0.1) is 6.92 Å². The molecular formula is C13H17N3O2. The Labute approximate surface area is 106 Å². The molecular weight excluding hydrogens is 230 g/mol. The third-order valence-electron chi connectivity index (χ3n) is 2.55. The smallest absolute Gasteiger partial charge is 0.234 e. The summed E-state index contributed by atoms with van der Waals surface area (Å²) in [6.45, 7) is 1.82. The van der Waals surface area contributed by atoms with Gasteiger partial charge in [-0.05, 0) is 24.1 Å². The number of nitrogens with one attached hydrogen (secondary N) is 1. The quantitative estimate of drug-likeness (QED) is 0.835. The van der Waals surface area contributed by atoms with Gasteiger partial charge >= 0.3 is 0 Å². The summed E-state index contributed by atoms with van der Waals surface area (Å²) < 4.78 is 5.40. The molecule has 2 rings (SSSR count). The van der Waals surface area contributed by atoms with E-state index in [-0.39, 0.29) is 5.91 Å². The molecule has 0 spiro atoms. The van der Waals surface area contributed by atoms with Gasteiger partial charge in [-0.25, -0.2) is 9.99 Å². The van der Waals surface area contributed by atoms with Crippen LogP contribution in [0.15, 0.2) is 22.6 Å². The van der Waals surface area contributed by atoms with Gasteiger partial charge in [-0.2, -0.15) is 0 Å². The molecule has 2 aromatic rings. The van der Waals surface area contributed by atoms with Crippen LogP contribution in [-0.4, -0.2) is 30.0 Å². The molecule has 1 aromatic heterocycles. The van der Waals surface area contributed by atoms with Crippen molar-refractivity contribution < 1.29 is 9.21 Å². The van der Waals surface area contributed by atoms with Crippen LogP contribution in [-0.2, 0) is 11.2 Å². The number of benzene rings is 1. The van der Waals surface area contributed by atoms with Gasteiger partial charge in [-0.15, -0.1) is 0 Å².